The number of rotatable bonds is 5. The number of hydrogen-bond acceptors (Lipinski definition) is 2. The predicted molar refractivity (Wildman–Crippen MR) is 56.0 cm³/mol. The molecule has 0 radical (unpaired) electrons. The van der Waals surface area contributed by atoms with Crippen molar-refractivity contribution in [3.05, 3.63) is 0 Å². The van der Waals surface area contributed by atoms with Gasteiger partial charge in [-0.25, -0.2) is 0 Å². The van der Waals surface area contributed by atoms with E-state index in [4.69, 9.17) is 0 Å². The molecule has 0 heterocycles. The fourth-order valence-electron chi connectivity index (χ4n) is 1.11. The Balaban J connectivity index is 3.98. The zero-order valence-electron chi connectivity index (χ0n) is 10.1. The Hall–Kier alpha value is -0.780. The van der Waals surface area contributed by atoms with Gasteiger partial charge in [0.25, 0.3) is 0 Å². The van der Waals surface area contributed by atoms with Crippen molar-refractivity contribution in [1.82, 2.24) is 10.2 Å². The third-order valence-corrected chi connectivity index (χ3v) is 2.57. The second kappa shape index (κ2) is 6.08. The molecule has 16 heavy (non-hydrogen) atoms. The van der Waals surface area contributed by atoms with Crippen molar-refractivity contribution in [2.75, 3.05) is 20.1 Å². The van der Waals surface area contributed by atoms with Crippen LogP contribution in [0.25, 0.3) is 0 Å². The minimum atomic E-state index is -4.28. The van der Waals surface area contributed by atoms with Crippen LogP contribution in [-0.4, -0.2) is 43.2 Å². The number of carbonyl (C=O) groups is 1. The zero-order chi connectivity index (χ0) is 12.9. The van der Waals surface area contributed by atoms with Crippen molar-refractivity contribution in [2.45, 2.75) is 33.0 Å². The lowest BCUT2D eigenvalue weighted by Gasteiger charge is -2.28. The maximum atomic E-state index is 11.8. The van der Waals surface area contributed by atoms with E-state index in [0.717, 1.165) is 0 Å². The Morgan fingerprint density at radius 3 is 2.19 bits per heavy atom. The van der Waals surface area contributed by atoms with Crippen LogP contribution in [-0.2, 0) is 4.79 Å². The number of amides is 1. The summed E-state index contributed by atoms with van der Waals surface area (Å²) in [7, 11) is 1.60. The largest absolute Gasteiger partial charge is 0.401 e. The summed E-state index contributed by atoms with van der Waals surface area (Å²) >= 11 is 0. The van der Waals surface area contributed by atoms with Crippen LogP contribution in [0.1, 0.15) is 20.8 Å². The molecule has 0 aliphatic heterocycles. The lowest BCUT2D eigenvalue weighted by molar-refractivity contribution is -0.135. The number of alkyl halides is 3. The van der Waals surface area contributed by atoms with Gasteiger partial charge in [-0.3, -0.25) is 4.79 Å². The minimum absolute atomic E-state index is 0.0141. The van der Waals surface area contributed by atoms with E-state index in [-0.39, 0.29) is 24.4 Å². The van der Waals surface area contributed by atoms with Gasteiger partial charge >= 0.3 is 6.18 Å². The summed E-state index contributed by atoms with van der Waals surface area (Å²) in [6.45, 7) is 4.36. The Kier molecular flexibility index (Phi) is 5.78. The Bertz CT molecular complexity index is 229. The van der Waals surface area contributed by atoms with Crippen LogP contribution >= 0.6 is 0 Å². The highest BCUT2D eigenvalue weighted by atomic mass is 19.4. The van der Waals surface area contributed by atoms with E-state index in [2.05, 4.69) is 5.32 Å². The van der Waals surface area contributed by atoms with Crippen molar-refractivity contribution < 1.29 is 18.0 Å². The maximum Gasteiger partial charge on any atom is 0.401 e. The van der Waals surface area contributed by atoms with E-state index < -0.39 is 12.7 Å². The average molecular weight is 240 g/mol. The van der Waals surface area contributed by atoms with Crippen LogP contribution in [0.3, 0.4) is 0 Å². The van der Waals surface area contributed by atoms with E-state index in [1.807, 2.05) is 20.8 Å². The molecule has 0 spiro atoms. The molecule has 0 bridgehead atoms. The van der Waals surface area contributed by atoms with Crippen molar-refractivity contribution in [1.29, 1.82) is 0 Å². The summed E-state index contributed by atoms with van der Waals surface area (Å²) in [5.74, 6) is -0.0537. The summed E-state index contributed by atoms with van der Waals surface area (Å²) in [4.78, 5) is 12.9. The van der Waals surface area contributed by atoms with Gasteiger partial charge in [0, 0.05) is 13.1 Å². The monoisotopic (exact) mass is 240 g/mol. The molecule has 96 valence electrons. The highest BCUT2D eigenvalue weighted by Gasteiger charge is 2.27. The molecule has 0 fully saturated rings. The fraction of sp³-hybridized carbons (Fsp3) is 0.900. The summed E-state index contributed by atoms with van der Waals surface area (Å²) in [5, 5.41) is 2.08. The molecule has 1 atom stereocenters. The van der Waals surface area contributed by atoms with Gasteiger partial charge in [0.05, 0.1) is 13.1 Å². The topological polar surface area (TPSA) is 32.3 Å². The number of nitrogens with one attached hydrogen (secondary N) is 1. The number of halogens is 3. The van der Waals surface area contributed by atoms with Crippen LogP contribution in [0.5, 0.6) is 0 Å². The first-order chi connectivity index (χ1) is 7.15. The second-order valence-corrected chi connectivity index (χ2v) is 4.21. The molecule has 0 aliphatic rings. The standard InChI is InChI=1S/C10H19F3N2O/c1-7(2)8(3)15(4)9(16)5-14-6-10(11,12)13/h7-8,14H,5-6H2,1-4H3. The molecule has 1 N–H and O–H groups in total. The summed E-state index contributed by atoms with van der Waals surface area (Å²) in [5.41, 5.74) is 0. The summed E-state index contributed by atoms with van der Waals surface area (Å²) < 4.78 is 35.4. The van der Waals surface area contributed by atoms with E-state index in [1.54, 1.807) is 7.05 Å². The van der Waals surface area contributed by atoms with Crippen molar-refractivity contribution in [3.8, 4) is 0 Å². The molecule has 0 aromatic rings. The van der Waals surface area contributed by atoms with E-state index in [9.17, 15) is 18.0 Å². The second-order valence-electron chi connectivity index (χ2n) is 4.21. The van der Waals surface area contributed by atoms with Gasteiger partial charge in [-0.15, -0.1) is 0 Å². The third kappa shape index (κ3) is 5.95. The third-order valence-electron chi connectivity index (χ3n) is 2.57. The first-order valence-corrected chi connectivity index (χ1v) is 5.18. The van der Waals surface area contributed by atoms with Crippen LogP contribution in [0.4, 0.5) is 13.2 Å². The van der Waals surface area contributed by atoms with Gasteiger partial charge in [-0.1, -0.05) is 13.8 Å². The molecule has 1 unspecified atom stereocenters. The molecule has 0 saturated carbocycles. The highest BCUT2D eigenvalue weighted by Crippen LogP contribution is 2.12. The minimum Gasteiger partial charge on any atom is -0.342 e. The van der Waals surface area contributed by atoms with Crippen LogP contribution < -0.4 is 5.32 Å². The van der Waals surface area contributed by atoms with Crippen molar-refractivity contribution in [3.63, 3.8) is 0 Å². The number of hydrogen-bond donors (Lipinski definition) is 1. The van der Waals surface area contributed by atoms with Gasteiger partial charge < -0.3 is 10.2 Å². The lowest BCUT2D eigenvalue weighted by Crippen LogP contribution is -2.44. The molecule has 0 aliphatic carbocycles. The predicted octanol–water partition coefficient (Wildman–Crippen LogP) is 1.64. The molecule has 0 saturated heterocycles. The normalized spacial score (nSPS) is 14.0. The molecular weight excluding hydrogens is 221 g/mol. The molecule has 6 heteroatoms. The van der Waals surface area contributed by atoms with E-state index in [1.165, 1.54) is 4.90 Å². The molecular formula is C10H19F3N2O. The number of carbonyl (C=O) groups excluding carboxylic acids is 1. The van der Waals surface area contributed by atoms with Crippen molar-refractivity contribution >= 4 is 5.91 Å². The Morgan fingerprint density at radius 1 is 1.31 bits per heavy atom. The van der Waals surface area contributed by atoms with Crippen LogP contribution in [0.15, 0.2) is 0 Å². The van der Waals surface area contributed by atoms with Gasteiger partial charge in [0.15, 0.2) is 0 Å². The first kappa shape index (κ1) is 15.2. The summed E-state index contributed by atoms with van der Waals surface area (Å²) in [6.07, 6.45) is -4.28. The van der Waals surface area contributed by atoms with E-state index >= 15 is 0 Å². The SMILES string of the molecule is CC(C)C(C)N(C)C(=O)CNCC(F)(F)F. The molecule has 1 amide bonds. The summed E-state index contributed by atoms with van der Waals surface area (Å²) in [6, 6.07) is 0.0141. The molecule has 3 nitrogen and oxygen atoms in total. The first-order valence-electron chi connectivity index (χ1n) is 5.18. The maximum absolute atomic E-state index is 11.8. The number of likely N-dealkylation sites (N-methyl/N-ethyl adjacent to an activating group) is 1. The molecule has 0 rings (SSSR count). The lowest BCUT2D eigenvalue weighted by atomic mass is 10.1. The van der Waals surface area contributed by atoms with Gasteiger partial charge in [0.1, 0.15) is 0 Å². The zero-order valence-corrected chi connectivity index (χ0v) is 10.1. The van der Waals surface area contributed by atoms with Gasteiger partial charge in [-0.05, 0) is 12.8 Å². The van der Waals surface area contributed by atoms with Crippen molar-refractivity contribution in [2.24, 2.45) is 5.92 Å². The Morgan fingerprint density at radius 2 is 1.81 bits per heavy atom. The highest BCUT2D eigenvalue weighted by molar-refractivity contribution is 5.78. The van der Waals surface area contributed by atoms with Crippen LogP contribution in [0, 0.1) is 5.92 Å². The van der Waals surface area contributed by atoms with Gasteiger partial charge in [-0.2, -0.15) is 13.2 Å². The van der Waals surface area contributed by atoms with E-state index in [0.29, 0.717) is 0 Å². The molecule has 0 aromatic carbocycles. The van der Waals surface area contributed by atoms with Crippen LogP contribution in [0.2, 0.25) is 0 Å². The average Bonchev–Trinajstić information content (AvgIpc) is 2.13. The molecule has 0 aromatic heterocycles. The Labute approximate surface area is 94.0 Å². The van der Waals surface area contributed by atoms with Gasteiger partial charge in [0.2, 0.25) is 5.91 Å². The quantitative estimate of drug-likeness (QED) is 0.792. The fourth-order valence-corrected chi connectivity index (χ4v) is 1.11. The number of nitrogens with zero attached hydrogens (tertiary/aromatic N) is 1. The smallest absolute Gasteiger partial charge is 0.342 e.